The molecule has 9 heteroatoms. The van der Waals surface area contributed by atoms with Gasteiger partial charge in [0, 0.05) is 5.56 Å². The van der Waals surface area contributed by atoms with Gasteiger partial charge in [0.05, 0.1) is 33.7 Å². The van der Waals surface area contributed by atoms with Gasteiger partial charge in [-0.25, -0.2) is 4.98 Å². The normalized spacial score (nSPS) is 17.8. The zero-order chi connectivity index (χ0) is 23.1. The number of carbonyl (C=O) groups is 2. The third-order valence-corrected chi connectivity index (χ3v) is 6.60. The number of ketones is 1. The molecule has 166 valence electrons. The minimum atomic E-state index is -0.980. The average molecular weight is 481 g/mol. The van der Waals surface area contributed by atoms with E-state index in [1.54, 1.807) is 24.3 Å². The van der Waals surface area contributed by atoms with Crippen molar-refractivity contribution in [2.75, 3.05) is 11.5 Å². The number of furan rings is 1. The van der Waals surface area contributed by atoms with Crippen molar-refractivity contribution in [1.29, 1.82) is 0 Å². The fourth-order valence-corrected chi connectivity index (χ4v) is 4.95. The Bertz CT molecular complexity index is 1380. The zero-order valence-electron chi connectivity index (χ0n) is 17.3. The van der Waals surface area contributed by atoms with Crippen molar-refractivity contribution >= 4 is 55.7 Å². The molecule has 0 saturated carbocycles. The first kappa shape index (κ1) is 21.2. The Morgan fingerprint density at radius 3 is 2.76 bits per heavy atom. The number of para-hydroxylation sites is 1. The molecule has 1 unspecified atom stereocenters. The van der Waals surface area contributed by atoms with Gasteiger partial charge in [0.15, 0.2) is 5.13 Å². The molecule has 1 atom stereocenters. The Balaban J connectivity index is 1.69. The lowest BCUT2D eigenvalue weighted by molar-refractivity contribution is -0.132. The molecule has 3 heterocycles. The van der Waals surface area contributed by atoms with Crippen LogP contribution in [0.4, 0.5) is 5.13 Å². The van der Waals surface area contributed by atoms with Crippen LogP contribution < -0.4 is 9.64 Å². The molecule has 1 aliphatic heterocycles. The van der Waals surface area contributed by atoms with Gasteiger partial charge in [-0.15, -0.1) is 0 Å². The Morgan fingerprint density at radius 1 is 1.21 bits per heavy atom. The van der Waals surface area contributed by atoms with Crippen molar-refractivity contribution in [1.82, 2.24) is 4.98 Å². The summed E-state index contributed by atoms with van der Waals surface area (Å²) >= 11 is 7.45. The van der Waals surface area contributed by atoms with Crippen LogP contribution in [0.15, 0.2) is 70.9 Å². The van der Waals surface area contributed by atoms with E-state index in [9.17, 15) is 14.7 Å². The molecular formula is C24H17ClN2O5S. The van der Waals surface area contributed by atoms with Gasteiger partial charge < -0.3 is 14.3 Å². The quantitative estimate of drug-likeness (QED) is 0.228. The van der Waals surface area contributed by atoms with Gasteiger partial charge in [-0.3, -0.25) is 14.5 Å². The van der Waals surface area contributed by atoms with E-state index in [2.05, 4.69) is 4.98 Å². The summed E-state index contributed by atoms with van der Waals surface area (Å²) in [5.74, 6) is -1.29. The molecule has 4 aromatic rings. The molecule has 1 aliphatic rings. The highest BCUT2D eigenvalue weighted by molar-refractivity contribution is 7.22. The second-order valence-electron chi connectivity index (χ2n) is 7.23. The number of rotatable bonds is 5. The van der Waals surface area contributed by atoms with Crippen LogP contribution in [0.5, 0.6) is 5.75 Å². The summed E-state index contributed by atoms with van der Waals surface area (Å²) in [5.41, 5.74) is 0.900. The Morgan fingerprint density at radius 2 is 2.03 bits per heavy atom. The summed E-state index contributed by atoms with van der Waals surface area (Å²) in [6, 6.07) is 14.4. The molecule has 33 heavy (non-hydrogen) atoms. The number of hydrogen-bond donors (Lipinski definition) is 1. The molecule has 0 radical (unpaired) electrons. The van der Waals surface area contributed by atoms with Crippen molar-refractivity contribution in [3.05, 3.63) is 82.8 Å². The summed E-state index contributed by atoms with van der Waals surface area (Å²) in [6.07, 6.45) is 1.45. The molecule has 1 saturated heterocycles. The molecular weight excluding hydrogens is 464 g/mol. The molecule has 2 aromatic carbocycles. The fourth-order valence-electron chi connectivity index (χ4n) is 3.78. The largest absolute Gasteiger partial charge is 0.507 e. The van der Waals surface area contributed by atoms with E-state index < -0.39 is 17.7 Å². The number of nitrogens with zero attached hydrogens (tertiary/aromatic N) is 2. The number of benzene rings is 2. The Labute approximate surface area is 197 Å². The van der Waals surface area contributed by atoms with Gasteiger partial charge in [-0.05, 0) is 49.4 Å². The number of fused-ring (bicyclic) bond motifs is 1. The first-order valence-corrected chi connectivity index (χ1v) is 11.3. The second-order valence-corrected chi connectivity index (χ2v) is 8.64. The lowest BCUT2D eigenvalue weighted by atomic mass is 9.99. The van der Waals surface area contributed by atoms with E-state index >= 15 is 0 Å². The third-order valence-electron chi connectivity index (χ3n) is 5.25. The maximum Gasteiger partial charge on any atom is 0.302 e. The molecule has 2 aromatic heterocycles. The van der Waals surface area contributed by atoms with Crippen LogP contribution in [0, 0.1) is 0 Å². The summed E-state index contributed by atoms with van der Waals surface area (Å²) in [4.78, 5) is 32.2. The molecule has 5 rings (SSSR count). The number of carbonyl (C=O) groups excluding carboxylic acids is 2. The molecule has 7 nitrogen and oxygen atoms in total. The maximum atomic E-state index is 13.2. The summed E-state index contributed by atoms with van der Waals surface area (Å²) in [5, 5.41) is 11.9. The maximum absolute atomic E-state index is 13.2. The van der Waals surface area contributed by atoms with E-state index in [1.807, 2.05) is 31.2 Å². The van der Waals surface area contributed by atoms with Gasteiger partial charge in [0.2, 0.25) is 0 Å². The number of thiazole rings is 1. The van der Waals surface area contributed by atoms with Crippen LogP contribution in [-0.2, 0) is 9.59 Å². The molecule has 1 amide bonds. The number of Topliss-reactive ketones (excluding diaryl/α,β-unsaturated/α-hetero) is 1. The van der Waals surface area contributed by atoms with Crippen molar-refractivity contribution in [3.8, 4) is 5.75 Å². The number of anilines is 1. The minimum Gasteiger partial charge on any atom is -0.507 e. The highest BCUT2D eigenvalue weighted by Crippen LogP contribution is 2.44. The topological polar surface area (TPSA) is 92.9 Å². The fraction of sp³-hybridized carbons (Fsp3) is 0.125. The van der Waals surface area contributed by atoms with Gasteiger partial charge in [0.25, 0.3) is 5.78 Å². The predicted octanol–water partition coefficient (Wildman–Crippen LogP) is 5.57. The smallest absolute Gasteiger partial charge is 0.302 e. The van der Waals surface area contributed by atoms with Gasteiger partial charge >= 0.3 is 5.91 Å². The van der Waals surface area contributed by atoms with Gasteiger partial charge in [-0.2, -0.15) is 0 Å². The van der Waals surface area contributed by atoms with Crippen LogP contribution in [-0.4, -0.2) is 28.4 Å². The first-order chi connectivity index (χ1) is 16.0. The summed E-state index contributed by atoms with van der Waals surface area (Å²) in [7, 11) is 0. The van der Waals surface area contributed by atoms with Crippen molar-refractivity contribution in [3.63, 3.8) is 0 Å². The van der Waals surface area contributed by atoms with Gasteiger partial charge in [-0.1, -0.05) is 35.1 Å². The molecule has 0 spiro atoms. The monoisotopic (exact) mass is 480 g/mol. The Hall–Kier alpha value is -3.62. The predicted molar refractivity (Wildman–Crippen MR) is 126 cm³/mol. The van der Waals surface area contributed by atoms with E-state index in [0.717, 1.165) is 4.70 Å². The van der Waals surface area contributed by atoms with Crippen molar-refractivity contribution in [2.24, 2.45) is 0 Å². The highest BCUT2D eigenvalue weighted by atomic mass is 35.5. The van der Waals surface area contributed by atoms with Crippen LogP contribution in [0.25, 0.3) is 16.0 Å². The highest BCUT2D eigenvalue weighted by Gasteiger charge is 2.49. The second kappa shape index (κ2) is 8.38. The number of ether oxygens (including phenoxy) is 1. The van der Waals surface area contributed by atoms with Crippen molar-refractivity contribution < 1.29 is 23.8 Å². The molecule has 0 aliphatic carbocycles. The van der Waals surface area contributed by atoms with Crippen molar-refractivity contribution in [2.45, 2.75) is 13.0 Å². The Kier molecular flexibility index (Phi) is 5.39. The SMILES string of the molecule is CCOc1cc(/C(O)=C2\C(=O)C(=O)N(c3nc4ccccc4s3)C2c2ccco2)ccc1Cl. The lowest BCUT2D eigenvalue weighted by Crippen LogP contribution is -2.29. The first-order valence-electron chi connectivity index (χ1n) is 10.1. The van der Waals surface area contributed by atoms with E-state index in [0.29, 0.717) is 39.4 Å². The number of aliphatic hydroxyl groups excluding tert-OH is 1. The molecule has 1 fully saturated rings. The molecule has 0 bridgehead atoms. The molecule has 1 N–H and O–H groups in total. The lowest BCUT2D eigenvalue weighted by Gasteiger charge is -2.20. The third kappa shape index (κ3) is 3.57. The number of halogens is 1. The number of aliphatic hydroxyl groups is 1. The number of amides is 1. The van der Waals surface area contributed by atoms with E-state index in [4.69, 9.17) is 20.8 Å². The number of aromatic nitrogens is 1. The summed E-state index contributed by atoms with van der Waals surface area (Å²) in [6.45, 7) is 2.18. The van der Waals surface area contributed by atoms with Crippen LogP contribution >= 0.6 is 22.9 Å². The standard InChI is InChI=1S/C24H17ClN2O5S/c1-2-31-17-12-13(9-10-14(17)25)21(28)19-20(16-7-5-11-32-16)27(23(30)22(19)29)24-26-15-6-3-4-8-18(15)33-24/h3-12,20,28H,2H2,1H3/b21-19+. The van der Waals surface area contributed by atoms with E-state index in [1.165, 1.54) is 28.6 Å². The van der Waals surface area contributed by atoms with Crippen LogP contribution in [0.2, 0.25) is 5.02 Å². The summed E-state index contributed by atoms with van der Waals surface area (Å²) < 4.78 is 12.0. The van der Waals surface area contributed by atoms with Crippen LogP contribution in [0.3, 0.4) is 0 Å². The minimum absolute atomic E-state index is 0.0982. The van der Waals surface area contributed by atoms with Gasteiger partial charge in [0.1, 0.15) is 23.3 Å². The van der Waals surface area contributed by atoms with Crippen LogP contribution in [0.1, 0.15) is 24.3 Å². The van der Waals surface area contributed by atoms with E-state index in [-0.39, 0.29) is 11.3 Å². The number of hydrogen-bond acceptors (Lipinski definition) is 7. The average Bonchev–Trinajstić information content (AvgIpc) is 3.54. The zero-order valence-corrected chi connectivity index (χ0v) is 18.9.